The molecule has 0 fully saturated rings. The maximum Gasteiger partial charge on any atom is 0.307 e. The van der Waals surface area contributed by atoms with Gasteiger partial charge in [0.25, 0.3) is 5.91 Å². The number of rotatable bonds is 6. The van der Waals surface area contributed by atoms with Gasteiger partial charge in [-0.3, -0.25) is 9.59 Å². The lowest BCUT2D eigenvalue weighted by Crippen LogP contribution is -2.30. The lowest BCUT2D eigenvalue weighted by Gasteiger charge is -2.18. The van der Waals surface area contributed by atoms with Gasteiger partial charge in [0.1, 0.15) is 0 Å². The van der Waals surface area contributed by atoms with Crippen LogP contribution < -0.4 is 5.32 Å². The van der Waals surface area contributed by atoms with Gasteiger partial charge in [0.2, 0.25) is 0 Å². The molecular formula is C16H17NO4S. The predicted molar refractivity (Wildman–Crippen MR) is 83.8 cm³/mol. The third kappa shape index (κ3) is 4.14. The Kier molecular flexibility index (Phi) is 5.66. The van der Waals surface area contributed by atoms with Gasteiger partial charge in [0.05, 0.1) is 25.8 Å². The Bertz CT molecular complexity index is 622. The molecule has 5 nitrogen and oxygen atoms in total. The molecule has 0 saturated carbocycles. The lowest BCUT2D eigenvalue weighted by molar-refractivity contribution is -0.141. The quantitative estimate of drug-likeness (QED) is 0.655. The number of hydrogen-bond acceptors (Lipinski definition) is 5. The molecule has 0 radical (unpaired) electrons. The standard InChI is InChI=1S/C16H17NO4S/c1-20-15(18)10-13(11-5-7-12(22-2)8-6-11)17-16(19)14-4-3-9-21-14/h3-9,13H,10H2,1-2H3,(H,17,19). The van der Waals surface area contributed by atoms with E-state index in [0.717, 1.165) is 10.5 Å². The average molecular weight is 319 g/mol. The molecule has 6 heteroatoms. The van der Waals surface area contributed by atoms with E-state index in [1.807, 2.05) is 30.5 Å². The summed E-state index contributed by atoms with van der Waals surface area (Å²) in [5.74, 6) is -0.554. The minimum Gasteiger partial charge on any atom is -0.469 e. The number of nitrogens with one attached hydrogen (secondary N) is 1. The first-order chi connectivity index (χ1) is 10.6. The van der Waals surface area contributed by atoms with Gasteiger partial charge in [0, 0.05) is 4.90 Å². The maximum absolute atomic E-state index is 12.1. The molecule has 0 spiro atoms. The second-order valence-electron chi connectivity index (χ2n) is 4.56. The van der Waals surface area contributed by atoms with E-state index < -0.39 is 12.0 Å². The number of benzene rings is 1. The summed E-state index contributed by atoms with van der Waals surface area (Å²) in [6.45, 7) is 0. The van der Waals surface area contributed by atoms with Crippen LogP contribution in [0.15, 0.2) is 52.0 Å². The summed E-state index contributed by atoms with van der Waals surface area (Å²) in [4.78, 5) is 24.8. The predicted octanol–water partition coefficient (Wildman–Crippen LogP) is 3.04. The molecule has 2 rings (SSSR count). The fraction of sp³-hybridized carbons (Fsp3) is 0.250. The van der Waals surface area contributed by atoms with Gasteiger partial charge in [-0.05, 0) is 36.1 Å². The van der Waals surface area contributed by atoms with Crippen molar-refractivity contribution in [1.82, 2.24) is 5.32 Å². The van der Waals surface area contributed by atoms with Crippen LogP contribution in [0, 0.1) is 0 Å². The summed E-state index contributed by atoms with van der Waals surface area (Å²) in [5.41, 5.74) is 0.836. The summed E-state index contributed by atoms with van der Waals surface area (Å²) in [7, 11) is 1.32. The fourth-order valence-corrected chi connectivity index (χ4v) is 2.38. The lowest BCUT2D eigenvalue weighted by atomic mass is 10.0. The van der Waals surface area contributed by atoms with E-state index in [-0.39, 0.29) is 18.1 Å². The van der Waals surface area contributed by atoms with Crippen LogP contribution in [0.3, 0.4) is 0 Å². The van der Waals surface area contributed by atoms with E-state index >= 15 is 0 Å². The first kappa shape index (κ1) is 16.2. The Morgan fingerprint density at radius 1 is 1.27 bits per heavy atom. The van der Waals surface area contributed by atoms with Crippen molar-refractivity contribution in [3.63, 3.8) is 0 Å². The molecule has 1 heterocycles. The number of esters is 1. The van der Waals surface area contributed by atoms with Gasteiger partial charge >= 0.3 is 5.97 Å². The van der Waals surface area contributed by atoms with E-state index in [9.17, 15) is 9.59 Å². The Morgan fingerprint density at radius 3 is 2.55 bits per heavy atom. The van der Waals surface area contributed by atoms with Crippen LogP contribution in [0.25, 0.3) is 0 Å². The van der Waals surface area contributed by atoms with Crippen molar-refractivity contribution in [3.8, 4) is 0 Å². The van der Waals surface area contributed by atoms with Crippen LogP contribution in [0.5, 0.6) is 0 Å². The van der Waals surface area contributed by atoms with Crippen molar-refractivity contribution in [3.05, 3.63) is 54.0 Å². The molecule has 1 unspecified atom stereocenters. The zero-order valence-corrected chi connectivity index (χ0v) is 13.2. The Balaban J connectivity index is 2.17. The Morgan fingerprint density at radius 2 is 2.00 bits per heavy atom. The smallest absolute Gasteiger partial charge is 0.307 e. The van der Waals surface area contributed by atoms with Crippen LogP contribution in [0.2, 0.25) is 0 Å². The molecule has 0 aliphatic rings. The Labute approximate surface area is 133 Å². The summed E-state index contributed by atoms with van der Waals surface area (Å²) < 4.78 is 9.77. The number of carbonyl (C=O) groups is 2. The molecule has 1 N–H and O–H groups in total. The van der Waals surface area contributed by atoms with E-state index in [4.69, 9.17) is 9.15 Å². The van der Waals surface area contributed by atoms with Gasteiger partial charge in [-0.1, -0.05) is 12.1 Å². The highest BCUT2D eigenvalue weighted by atomic mass is 32.2. The van der Waals surface area contributed by atoms with E-state index in [1.54, 1.807) is 23.9 Å². The second kappa shape index (κ2) is 7.70. The number of ether oxygens (including phenoxy) is 1. The zero-order chi connectivity index (χ0) is 15.9. The summed E-state index contributed by atoms with van der Waals surface area (Å²) in [5, 5.41) is 2.80. The highest BCUT2D eigenvalue weighted by Crippen LogP contribution is 2.22. The molecule has 0 aliphatic heterocycles. The average Bonchev–Trinajstić information content (AvgIpc) is 3.08. The third-order valence-corrected chi connectivity index (χ3v) is 3.91. The molecule has 1 aromatic heterocycles. The van der Waals surface area contributed by atoms with Gasteiger partial charge in [-0.25, -0.2) is 0 Å². The monoisotopic (exact) mass is 319 g/mol. The summed E-state index contributed by atoms with van der Waals surface area (Å²) in [6, 6.07) is 10.4. The third-order valence-electron chi connectivity index (χ3n) is 3.17. The molecule has 116 valence electrons. The van der Waals surface area contributed by atoms with Crippen molar-refractivity contribution in [2.45, 2.75) is 17.4 Å². The molecule has 0 aliphatic carbocycles. The first-order valence-corrected chi connectivity index (χ1v) is 7.91. The zero-order valence-electron chi connectivity index (χ0n) is 12.4. The maximum atomic E-state index is 12.1. The first-order valence-electron chi connectivity index (χ1n) is 6.69. The number of furan rings is 1. The van der Waals surface area contributed by atoms with Crippen LogP contribution in [0.1, 0.15) is 28.6 Å². The topological polar surface area (TPSA) is 68.5 Å². The van der Waals surface area contributed by atoms with E-state index in [1.165, 1.54) is 13.4 Å². The van der Waals surface area contributed by atoms with Crippen LogP contribution >= 0.6 is 11.8 Å². The molecule has 0 saturated heterocycles. The van der Waals surface area contributed by atoms with E-state index in [2.05, 4.69) is 5.32 Å². The SMILES string of the molecule is COC(=O)CC(NC(=O)c1ccco1)c1ccc(SC)cc1. The fourth-order valence-electron chi connectivity index (χ4n) is 1.98. The van der Waals surface area contributed by atoms with Crippen LogP contribution in [-0.4, -0.2) is 25.2 Å². The van der Waals surface area contributed by atoms with Gasteiger partial charge < -0.3 is 14.5 Å². The molecule has 22 heavy (non-hydrogen) atoms. The van der Waals surface area contributed by atoms with E-state index in [0.29, 0.717) is 0 Å². The highest BCUT2D eigenvalue weighted by molar-refractivity contribution is 7.98. The number of thioether (sulfide) groups is 1. The Hall–Kier alpha value is -2.21. The minimum absolute atomic E-state index is 0.0571. The van der Waals surface area contributed by atoms with Gasteiger partial charge in [-0.15, -0.1) is 11.8 Å². The number of hydrogen-bond donors (Lipinski definition) is 1. The van der Waals surface area contributed by atoms with Crippen molar-refractivity contribution >= 4 is 23.6 Å². The molecule has 0 bridgehead atoms. The normalized spacial score (nSPS) is 11.7. The van der Waals surface area contributed by atoms with Crippen molar-refractivity contribution < 1.29 is 18.7 Å². The largest absolute Gasteiger partial charge is 0.469 e. The van der Waals surface area contributed by atoms with Gasteiger partial charge in [-0.2, -0.15) is 0 Å². The molecule has 1 atom stereocenters. The number of carbonyl (C=O) groups excluding carboxylic acids is 2. The number of methoxy groups -OCH3 is 1. The highest BCUT2D eigenvalue weighted by Gasteiger charge is 2.20. The molecule has 1 aromatic carbocycles. The molecular weight excluding hydrogens is 302 g/mol. The summed E-state index contributed by atoms with van der Waals surface area (Å²) >= 11 is 1.63. The molecule has 2 aromatic rings. The van der Waals surface area contributed by atoms with Crippen molar-refractivity contribution in [2.75, 3.05) is 13.4 Å². The minimum atomic E-state index is -0.471. The van der Waals surface area contributed by atoms with Crippen LogP contribution in [-0.2, 0) is 9.53 Å². The summed E-state index contributed by atoms with van der Waals surface area (Å²) in [6.07, 6.45) is 3.47. The van der Waals surface area contributed by atoms with Crippen LogP contribution in [0.4, 0.5) is 0 Å². The second-order valence-corrected chi connectivity index (χ2v) is 5.44. The number of amides is 1. The van der Waals surface area contributed by atoms with Gasteiger partial charge in [0.15, 0.2) is 5.76 Å². The van der Waals surface area contributed by atoms with Crippen molar-refractivity contribution in [2.24, 2.45) is 0 Å². The van der Waals surface area contributed by atoms with Crippen molar-refractivity contribution in [1.29, 1.82) is 0 Å². The molecule has 1 amide bonds.